The molecule has 16 rings (SSSR count). The molecule has 0 spiro atoms. The molecule has 12 aromatic carbocycles. The third kappa shape index (κ3) is 8.85. The Hall–Kier alpha value is -10.2. The molecule has 0 unspecified atom stereocenters. The van der Waals surface area contributed by atoms with E-state index in [9.17, 15) is 0 Å². The molecule has 0 aliphatic carbocycles. The van der Waals surface area contributed by atoms with Crippen molar-refractivity contribution in [2.45, 2.75) is 99.3 Å². The highest BCUT2D eigenvalue weighted by Crippen LogP contribution is 2.45. The minimum atomic E-state index is -0.286. The topological polar surface area (TPSA) is 19.7 Å². The summed E-state index contributed by atoms with van der Waals surface area (Å²) in [5.74, 6) is 0. The second kappa shape index (κ2) is 20.4. The van der Waals surface area contributed by atoms with Crippen molar-refractivity contribution in [2.75, 3.05) is 0 Å². The molecular formula is C87H76N4. The lowest BCUT2D eigenvalue weighted by Gasteiger charge is -2.27. The first kappa shape index (κ1) is 56.1. The van der Waals surface area contributed by atoms with Gasteiger partial charge in [-0.25, -0.2) is 0 Å². The first-order valence-corrected chi connectivity index (χ1v) is 32.4. The molecule has 91 heavy (non-hydrogen) atoms. The van der Waals surface area contributed by atoms with Gasteiger partial charge in [0, 0.05) is 82.1 Å². The van der Waals surface area contributed by atoms with Crippen molar-refractivity contribution in [3.8, 4) is 22.7 Å². The molecule has 0 atom stereocenters. The Balaban J connectivity index is 0.711. The lowest BCUT2D eigenvalue weighted by molar-refractivity contribution is 0.640. The zero-order valence-corrected chi connectivity index (χ0v) is 54.4. The van der Waals surface area contributed by atoms with Crippen LogP contribution in [0.5, 0.6) is 0 Å². The maximum Gasteiger partial charge on any atom is 0.0544 e. The summed E-state index contributed by atoms with van der Waals surface area (Å²) in [4.78, 5) is 0. The maximum atomic E-state index is 2.47. The van der Waals surface area contributed by atoms with Gasteiger partial charge in [-0.2, -0.15) is 0 Å². The number of benzene rings is 12. The Morgan fingerprint density at radius 2 is 0.385 bits per heavy atom. The van der Waals surface area contributed by atoms with Gasteiger partial charge in [-0.05, 0) is 214 Å². The van der Waals surface area contributed by atoms with Crippen LogP contribution in [-0.2, 0) is 16.2 Å². The first-order valence-electron chi connectivity index (χ1n) is 32.4. The van der Waals surface area contributed by atoms with E-state index in [4.69, 9.17) is 0 Å². The molecular weight excluding hydrogens is 1100 g/mol. The fraction of sp³-hybridized carbons (Fsp3) is 0.172. The van der Waals surface area contributed by atoms with Crippen LogP contribution in [0.1, 0.15) is 108 Å². The van der Waals surface area contributed by atoms with E-state index in [1.54, 1.807) is 0 Å². The summed E-state index contributed by atoms with van der Waals surface area (Å²) < 4.78 is 9.80. The van der Waals surface area contributed by atoms with Crippen molar-refractivity contribution < 1.29 is 0 Å². The molecule has 16 aromatic rings. The Morgan fingerprint density at radius 1 is 0.176 bits per heavy atom. The summed E-state index contributed by atoms with van der Waals surface area (Å²) >= 11 is 0. The summed E-state index contributed by atoms with van der Waals surface area (Å²) in [6, 6.07) is 92.8. The predicted molar refractivity (Wildman–Crippen MR) is 388 cm³/mol. The molecule has 4 heteroatoms. The van der Waals surface area contributed by atoms with E-state index >= 15 is 0 Å². The van der Waals surface area contributed by atoms with Gasteiger partial charge in [-0.15, -0.1) is 0 Å². The number of hydrogen-bond acceptors (Lipinski definition) is 0. The van der Waals surface area contributed by atoms with Gasteiger partial charge in [0.25, 0.3) is 0 Å². The lowest BCUT2D eigenvalue weighted by atomic mass is 9.77. The van der Waals surface area contributed by atoms with Crippen LogP contribution in [0.15, 0.2) is 243 Å². The minimum Gasteiger partial charge on any atom is -0.309 e. The van der Waals surface area contributed by atoms with Crippen molar-refractivity contribution in [2.24, 2.45) is 0 Å². The third-order valence-corrected chi connectivity index (χ3v) is 20.8. The standard InChI is InChI=1S/C87H76N4/c1-53-13-29-65(30-14-53)88-78-39-18-56(4)46-71(78)74-49-61(26-42-81(74)88)86(9,10)62-27-43-82-75(50-62)72-47-57(5)19-40-79(72)89(82)67-33-21-59(22-34-67)85(7,8)60-23-35-68(36-24-60)90-80-41-20-58(6)48-73(80)76-51-63(28-44-83(76)90)87(11,12)64-25-37-69-70-45-55(3)17-38-77(70)91(84(69)52-64)66-31-15-54(2)16-32-66/h13-52H,1-12H3. The molecule has 0 bridgehead atoms. The fourth-order valence-electron chi connectivity index (χ4n) is 15.2. The molecule has 0 saturated carbocycles. The van der Waals surface area contributed by atoms with Gasteiger partial charge in [0.05, 0.1) is 44.1 Å². The molecule has 0 fully saturated rings. The van der Waals surface area contributed by atoms with E-state index < -0.39 is 0 Å². The van der Waals surface area contributed by atoms with Gasteiger partial charge in [0.15, 0.2) is 0 Å². The van der Waals surface area contributed by atoms with Crippen LogP contribution in [0.2, 0.25) is 0 Å². The Kier molecular flexibility index (Phi) is 12.6. The van der Waals surface area contributed by atoms with Gasteiger partial charge >= 0.3 is 0 Å². The molecule has 0 amide bonds. The minimum absolute atomic E-state index is 0.262. The van der Waals surface area contributed by atoms with E-state index in [1.165, 1.54) is 165 Å². The molecule has 0 aliphatic rings. The number of aryl methyl sites for hydroxylation is 6. The van der Waals surface area contributed by atoms with Crippen LogP contribution in [0.25, 0.3) is 110 Å². The molecule has 0 radical (unpaired) electrons. The van der Waals surface area contributed by atoms with Gasteiger partial charge in [0.2, 0.25) is 0 Å². The van der Waals surface area contributed by atoms with Crippen molar-refractivity contribution >= 4 is 87.2 Å². The number of nitrogens with zero attached hydrogens (tertiary/aromatic N) is 4. The predicted octanol–water partition coefficient (Wildman–Crippen LogP) is 22.9. The van der Waals surface area contributed by atoms with E-state index in [0.29, 0.717) is 0 Å². The number of fused-ring (bicyclic) bond motifs is 12. The highest BCUT2D eigenvalue weighted by Gasteiger charge is 2.30. The Morgan fingerprint density at radius 3 is 0.703 bits per heavy atom. The third-order valence-electron chi connectivity index (χ3n) is 20.8. The Bertz CT molecular complexity index is 5630. The van der Waals surface area contributed by atoms with Crippen LogP contribution in [0.4, 0.5) is 0 Å². The monoisotopic (exact) mass is 1180 g/mol. The van der Waals surface area contributed by atoms with Crippen molar-refractivity contribution in [1.29, 1.82) is 0 Å². The average molecular weight is 1180 g/mol. The van der Waals surface area contributed by atoms with E-state index in [0.717, 1.165) is 11.4 Å². The van der Waals surface area contributed by atoms with Gasteiger partial charge in [-0.1, -0.05) is 178 Å². The zero-order chi connectivity index (χ0) is 62.6. The smallest absolute Gasteiger partial charge is 0.0544 e. The van der Waals surface area contributed by atoms with Gasteiger partial charge < -0.3 is 18.3 Å². The van der Waals surface area contributed by atoms with Crippen molar-refractivity contribution in [1.82, 2.24) is 18.3 Å². The van der Waals surface area contributed by atoms with Crippen LogP contribution >= 0.6 is 0 Å². The molecule has 444 valence electrons. The highest BCUT2D eigenvalue weighted by atomic mass is 15.0. The fourth-order valence-corrected chi connectivity index (χ4v) is 15.2. The summed E-state index contributed by atoms with van der Waals surface area (Å²) in [6.07, 6.45) is 0. The molecule has 0 aliphatic heterocycles. The average Bonchev–Trinajstić information content (AvgIpc) is 1.64. The zero-order valence-electron chi connectivity index (χ0n) is 54.4. The molecule has 4 aromatic heterocycles. The van der Waals surface area contributed by atoms with Crippen LogP contribution in [-0.4, -0.2) is 18.3 Å². The van der Waals surface area contributed by atoms with E-state index in [2.05, 4.69) is 344 Å². The quantitative estimate of drug-likeness (QED) is 0.130. The summed E-state index contributed by atoms with van der Waals surface area (Å²) in [5, 5.41) is 10.2. The summed E-state index contributed by atoms with van der Waals surface area (Å²) in [5.41, 5.74) is 28.9. The van der Waals surface area contributed by atoms with E-state index in [1.807, 2.05) is 0 Å². The SMILES string of the molecule is Cc1ccc(-n2c3ccc(C)cc3c3cc(C(C)(C)c4ccc5c(c4)c4cc(C)ccc4n5-c4ccc(C(C)(C)c5ccc(-n6c7ccc(C)cc7c7cc(C(C)(C)c8ccc9c%10cc(C)ccc%10n(-c%10ccc(C)cc%10)c9c8)ccc76)cc5)cc4)ccc32)cc1. The van der Waals surface area contributed by atoms with Crippen molar-refractivity contribution in [3.63, 3.8) is 0 Å². The summed E-state index contributed by atoms with van der Waals surface area (Å²) in [6.45, 7) is 27.4. The van der Waals surface area contributed by atoms with Gasteiger partial charge in [-0.3, -0.25) is 0 Å². The second-order valence-electron chi connectivity index (χ2n) is 28.0. The van der Waals surface area contributed by atoms with Crippen LogP contribution < -0.4 is 0 Å². The summed E-state index contributed by atoms with van der Waals surface area (Å²) in [7, 11) is 0. The van der Waals surface area contributed by atoms with Crippen LogP contribution in [0, 0.1) is 41.5 Å². The first-order chi connectivity index (χ1) is 43.8. The molecule has 4 nitrogen and oxygen atoms in total. The maximum absolute atomic E-state index is 2.47. The van der Waals surface area contributed by atoms with Gasteiger partial charge in [0.1, 0.15) is 0 Å². The molecule has 4 heterocycles. The Labute approximate surface area is 533 Å². The normalized spacial score (nSPS) is 12.6. The van der Waals surface area contributed by atoms with Crippen LogP contribution in [0.3, 0.4) is 0 Å². The largest absolute Gasteiger partial charge is 0.309 e. The number of aromatic nitrogens is 4. The molecule has 0 saturated heterocycles. The van der Waals surface area contributed by atoms with Crippen molar-refractivity contribution in [3.05, 3.63) is 309 Å². The number of hydrogen-bond donors (Lipinski definition) is 0. The highest BCUT2D eigenvalue weighted by molar-refractivity contribution is 6.13. The lowest BCUT2D eigenvalue weighted by Crippen LogP contribution is -2.19. The second-order valence-corrected chi connectivity index (χ2v) is 28.0. The number of rotatable bonds is 10. The van der Waals surface area contributed by atoms with E-state index in [-0.39, 0.29) is 16.2 Å². The molecule has 0 N–H and O–H groups in total.